The summed E-state index contributed by atoms with van der Waals surface area (Å²) in [6.45, 7) is 6.73. The molecule has 9 nitrogen and oxygen atoms in total. The third kappa shape index (κ3) is 6.59. The van der Waals surface area contributed by atoms with E-state index in [0.717, 1.165) is 63.3 Å². The van der Waals surface area contributed by atoms with E-state index in [1.807, 2.05) is 23.9 Å². The van der Waals surface area contributed by atoms with Crippen LogP contribution in [0.2, 0.25) is 0 Å². The zero-order valence-corrected chi connectivity index (χ0v) is 18.9. The lowest BCUT2D eigenvalue weighted by Gasteiger charge is -2.34. The van der Waals surface area contributed by atoms with Crippen molar-refractivity contribution in [3.63, 3.8) is 0 Å². The van der Waals surface area contributed by atoms with E-state index in [0.29, 0.717) is 6.54 Å². The Morgan fingerprint density at radius 1 is 1.11 bits per heavy atom. The third-order valence-electron chi connectivity index (χ3n) is 4.73. The molecule has 1 fully saturated rings. The summed E-state index contributed by atoms with van der Waals surface area (Å²) >= 11 is 0. The Kier molecular flexibility index (Phi) is 9.41. The highest BCUT2D eigenvalue weighted by molar-refractivity contribution is 14.0. The monoisotopic (exact) mass is 499 g/mol. The lowest BCUT2D eigenvalue weighted by Crippen LogP contribution is -2.47. The fraction of sp³-hybridized carbons (Fsp3) is 0.556. The number of nitrogens with one attached hydrogen (secondary N) is 2. The number of nitrogens with zero attached hydrogens (tertiary/aromatic N) is 7. The number of hydrogen-bond acceptors (Lipinski definition) is 6. The molecule has 0 spiro atoms. The van der Waals surface area contributed by atoms with Gasteiger partial charge >= 0.3 is 0 Å². The van der Waals surface area contributed by atoms with Gasteiger partial charge < -0.3 is 15.5 Å². The van der Waals surface area contributed by atoms with Crippen LogP contribution in [0.25, 0.3) is 0 Å². The largest absolute Gasteiger partial charge is 0.356 e. The number of halogens is 1. The predicted molar refractivity (Wildman–Crippen MR) is 122 cm³/mol. The number of aliphatic imine (C=N–C) groups is 1. The quantitative estimate of drug-likeness (QED) is 0.251. The Labute approximate surface area is 183 Å². The highest BCUT2D eigenvalue weighted by Crippen LogP contribution is 2.09. The summed E-state index contributed by atoms with van der Waals surface area (Å²) in [5.74, 6) is 1.66. The fourth-order valence-corrected chi connectivity index (χ4v) is 3.11. The maximum absolute atomic E-state index is 4.33. The van der Waals surface area contributed by atoms with E-state index < -0.39 is 0 Å². The second-order valence-corrected chi connectivity index (χ2v) is 6.53. The van der Waals surface area contributed by atoms with Gasteiger partial charge in [-0.25, -0.2) is 9.97 Å². The van der Waals surface area contributed by atoms with Gasteiger partial charge in [-0.1, -0.05) is 0 Å². The van der Waals surface area contributed by atoms with E-state index in [1.54, 1.807) is 25.6 Å². The van der Waals surface area contributed by atoms with Crippen molar-refractivity contribution in [1.82, 2.24) is 35.3 Å². The molecule has 0 unspecified atom stereocenters. The number of rotatable bonds is 7. The number of anilines is 1. The molecule has 2 aromatic heterocycles. The Balaban J connectivity index is 0.00000280. The number of aromatic nitrogens is 4. The first kappa shape index (κ1) is 22.3. The molecule has 0 atom stereocenters. The molecular weight excluding hydrogens is 469 g/mol. The minimum Gasteiger partial charge on any atom is -0.356 e. The first-order chi connectivity index (χ1) is 13.3. The molecular formula is C18H30IN9. The molecule has 154 valence electrons. The average Bonchev–Trinajstić information content (AvgIpc) is 3.13. The lowest BCUT2D eigenvalue weighted by molar-refractivity contribution is 0.254. The molecule has 1 aliphatic rings. The molecule has 2 aromatic rings. The van der Waals surface area contributed by atoms with Crippen LogP contribution >= 0.6 is 24.0 Å². The van der Waals surface area contributed by atoms with Crippen LogP contribution in [0.5, 0.6) is 0 Å². The zero-order chi connectivity index (χ0) is 18.9. The van der Waals surface area contributed by atoms with Gasteiger partial charge in [-0.15, -0.1) is 24.0 Å². The van der Waals surface area contributed by atoms with Gasteiger partial charge in [0.05, 0.1) is 12.2 Å². The number of guanidine groups is 1. The average molecular weight is 499 g/mol. The van der Waals surface area contributed by atoms with Crippen molar-refractivity contribution in [3.8, 4) is 0 Å². The highest BCUT2D eigenvalue weighted by Gasteiger charge is 2.18. The van der Waals surface area contributed by atoms with Crippen molar-refractivity contribution < 1.29 is 0 Å². The maximum Gasteiger partial charge on any atom is 0.225 e. The molecule has 0 aromatic carbocycles. The first-order valence-corrected chi connectivity index (χ1v) is 9.42. The third-order valence-corrected chi connectivity index (χ3v) is 4.73. The molecule has 28 heavy (non-hydrogen) atoms. The number of piperazine rings is 1. The Morgan fingerprint density at radius 2 is 1.86 bits per heavy atom. The van der Waals surface area contributed by atoms with Gasteiger partial charge in [0.2, 0.25) is 5.95 Å². The SMILES string of the molecule is CN=C(NCCCN1CCN(c2ncccn2)CC1)NCc1ccnn1C.I. The Morgan fingerprint density at radius 3 is 2.50 bits per heavy atom. The summed E-state index contributed by atoms with van der Waals surface area (Å²) < 4.78 is 1.86. The van der Waals surface area contributed by atoms with Crippen LogP contribution in [0, 0.1) is 0 Å². The summed E-state index contributed by atoms with van der Waals surface area (Å²) in [6.07, 6.45) is 6.48. The van der Waals surface area contributed by atoms with Crippen LogP contribution in [0.3, 0.4) is 0 Å². The van der Waals surface area contributed by atoms with Crippen LogP contribution in [-0.4, -0.2) is 76.9 Å². The summed E-state index contributed by atoms with van der Waals surface area (Å²) in [6, 6.07) is 3.85. The van der Waals surface area contributed by atoms with Gasteiger partial charge in [-0.05, 0) is 25.1 Å². The summed E-state index contributed by atoms with van der Waals surface area (Å²) in [4.78, 5) is 17.7. The van der Waals surface area contributed by atoms with E-state index in [1.165, 1.54) is 0 Å². The van der Waals surface area contributed by atoms with E-state index in [9.17, 15) is 0 Å². The van der Waals surface area contributed by atoms with Gasteiger partial charge in [-0.2, -0.15) is 5.10 Å². The first-order valence-electron chi connectivity index (χ1n) is 9.42. The minimum absolute atomic E-state index is 0. The zero-order valence-electron chi connectivity index (χ0n) is 16.6. The van der Waals surface area contributed by atoms with Crippen molar-refractivity contribution in [2.24, 2.45) is 12.0 Å². The smallest absolute Gasteiger partial charge is 0.225 e. The van der Waals surface area contributed by atoms with E-state index in [4.69, 9.17) is 0 Å². The van der Waals surface area contributed by atoms with Crippen molar-refractivity contribution in [2.45, 2.75) is 13.0 Å². The molecule has 2 N–H and O–H groups in total. The Bertz CT molecular complexity index is 711. The standard InChI is InChI=1S/C18H29N9.HI/c1-19-17(23-15-16-5-9-24-25(16)2)20-8-4-10-26-11-13-27(14-12-26)18-21-6-3-7-22-18;/h3,5-7,9H,4,8,10-15H2,1-2H3,(H2,19,20,23);1H. The second-order valence-electron chi connectivity index (χ2n) is 6.53. The van der Waals surface area contributed by atoms with Crippen LogP contribution < -0.4 is 15.5 Å². The molecule has 0 amide bonds. The van der Waals surface area contributed by atoms with E-state index in [-0.39, 0.29) is 24.0 Å². The maximum atomic E-state index is 4.33. The van der Waals surface area contributed by atoms with Gasteiger partial charge in [-0.3, -0.25) is 14.6 Å². The lowest BCUT2D eigenvalue weighted by atomic mass is 10.3. The molecule has 0 aliphatic carbocycles. The number of hydrogen-bond donors (Lipinski definition) is 2. The molecule has 1 aliphatic heterocycles. The van der Waals surface area contributed by atoms with Gasteiger partial charge in [0, 0.05) is 65.4 Å². The van der Waals surface area contributed by atoms with Gasteiger partial charge in [0.25, 0.3) is 0 Å². The molecule has 0 bridgehead atoms. The van der Waals surface area contributed by atoms with Crippen LogP contribution in [0.1, 0.15) is 12.1 Å². The fourth-order valence-electron chi connectivity index (χ4n) is 3.11. The minimum atomic E-state index is 0. The highest BCUT2D eigenvalue weighted by atomic mass is 127. The van der Waals surface area contributed by atoms with E-state index in [2.05, 4.69) is 40.5 Å². The van der Waals surface area contributed by atoms with Gasteiger partial charge in [0.1, 0.15) is 0 Å². The van der Waals surface area contributed by atoms with Crippen molar-refractivity contribution in [3.05, 3.63) is 36.4 Å². The second kappa shape index (κ2) is 11.8. The molecule has 0 radical (unpaired) electrons. The van der Waals surface area contributed by atoms with Crippen LogP contribution in [0.15, 0.2) is 35.7 Å². The summed E-state index contributed by atoms with van der Waals surface area (Å²) in [5, 5.41) is 10.9. The molecule has 10 heteroatoms. The molecule has 3 heterocycles. The summed E-state index contributed by atoms with van der Waals surface area (Å²) in [7, 11) is 3.74. The van der Waals surface area contributed by atoms with Crippen molar-refractivity contribution in [1.29, 1.82) is 0 Å². The van der Waals surface area contributed by atoms with Gasteiger partial charge in [0.15, 0.2) is 5.96 Å². The van der Waals surface area contributed by atoms with Crippen LogP contribution in [-0.2, 0) is 13.6 Å². The predicted octanol–water partition coefficient (Wildman–Crippen LogP) is 0.705. The van der Waals surface area contributed by atoms with Crippen molar-refractivity contribution >= 4 is 35.9 Å². The number of aryl methyl sites for hydroxylation is 1. The molecule has 0 saturated carbocycles. The van der Waals surface area contributed by atoms with E-state index >= 15 is 0 Å². The Hall–Kier alpha value is -1.95. The van der Waals surface area contributed by atoms with Crippen LogP contribution in [0.4, 0.5) is 5.95 Å². The van der Waals surface area contributed by atoms with Crippen molar-refractivity contribution in [2.75, 3.05) is 51.2 Å². The summed E-state index contributed by atoms with van der Waals surface area (Å²) in [5.41, 5.74) is 1.12. The molecule has 1 saturated heterocycles. The normalized spacial score (nSPS) is 15.2. The molecule has 3 rings (SSSR count). The topological polar surface area (TPSA) is 86.5 Å².